The monoisotopic (exact) mass is 571 g/mol. The molecule has 0 aliphatic heterocycles. The van der Waals surface area contributed by atoms with Gasteiger partial charge in [0.2, 0.25) is 0 Å². The van der Waals surface area contributed by atoms with Gasteiger partial charge in [-0.25, -0.2) is 18.0 Å². The zero-order valence-corrected chi connectivity index (χ0v) is 23.4. The lowest BCUT2D eigenvalue weighted by atomic mass is 10.2. The number of amides is 1. The number of hydrogen-bond donors (Lipinski definition) is 1. The third-order valence-corrected chi connectivity index (χ3v) is 7.15. The second-order valence-corrected chi connectivity index (χ2v) is 11.9. The summed E-state index contributed by atoms with van der Waals surface area (Å²) in [6, 6.07) is 23.0. The summed E-state index contributed by atoms with van der Waals surface area (Å²) in [5.74, 6) is 0.627. The minimum atomic E-state index is -3.84. The van der Waals surface area contributed by atoms with Crippen molar-refractivity contribution in [1.82, 2.24) is 5.06 Å². The van der Waals surface area contributed by atoms with Crippen molar-refractivity contribution in [2.45, 2.75) is 50.3 Å². The summed E-state index contributed by atoms with van der Waals surface area (Å²) in [6.07, 6.45) is -3.05. The van der Waals surface area contributed by atoms with Crippen molar-refractivity contribution < 1.29 is 42.2 Å². The minimum absolute atomic E-state index is 0.0341. The molecule has 0 fully saturated rings. The molecule has 1 N–H and O–H groups in total. The topological polar surface area (TPSA) is 129 Å². The number of carbonyl (C=O) groups is 2. The Bertz CT molecular complexity index is 1340. The molecule has 10 nitrogen and oxygen atoms in total. The number of hydroxylamine groups is 2. The molecule has 3 aromatic rings. The molecule has 1 amide bonds. The van der Waals surface area contributed by atoms with Crippen molar-refractivity contribution in [2.75, 3.05) is 12.4 Å². The van der Waals surface area contributed by atoms with Crippen molar-refractivity contribution in [1.29, 1.82) is 0 Å². The van der Waals surface area contributed by atoms with Gasteiger partial charge in [0.1, 0.15) is 17.1 Å². The van der Waals surface area contributed by atoms with Crippen LogP contribution >= 0.6 is 0 Å². The quantitative estimate of drug-likeness (QED) is 0.215. The smallest absolute Gasteiger partial charge is 0.463 e. The Labute approximate surface area is 233 Å². The number of carboxylic acid groups (broad SMARTS) is 1. The van der Waals surface area contributed by atoms with E-state index in [0.717, 1.165) is 5.56 Å². The summed E-state index contributed by atoms with van der Waals surface area (Å²) < 4.78 is 42.7. The van der Waals surface area contributed by atoms with Gasteiger partial charge in [-0.1, -0.05) is 48.5 Å². The Morgan fingerprint density at radius 1 is 0.875 bits per heavy atom. The molecule has 11 heteroatoms. The highest BCUT2D eigenvalue weighted by molar-refractivity contribution is 7.91. The first-order valence-electron chi connectivity index (χ1n) is 12.5. The maximum absolute atomic E-state index is 13.1. The van der Waals surface area contributed by atoms with E-state index in [9.17, 15) is 23.1 Å². The lowest BCUT2D eigenvalue weighted by molar-refractivity contribution is -0.153. The minimum Gasteiger partial charge on any atom is -0.463 e. The number of carbonyl (C=O) groups excluding carboxylic acids is 1. The second kappa shape index (κ2) is 13.8. The average Bonchev–Trinajstić information content (AvgIpc) is 2.90. The summed E-state index contributed by atoms with van der Waals surface area (Å²) >= 11 is 0. The highest BCUT2D eigenvalue weighted by Gasteiger charge is 2.32. The van der Waals surface area contributed by atoms with E-state index < -0.39 is 39.5 Å². The molecule has 1 unspecified atom stereocenters. The summed E-state index contributed by atoms with van der Waals surface area (Å²) in [6.45, 7) is 4.71. The van der Waals surface area contributed by atoms with Gasteiger partial charge in [-0.2, -0.15) is 0 Å². The summed E-state index contributed by atoms with van der Waals surface area (Å²) in [7, 11) is -3.84. The standard InChI is InChI=1S/C29H33NO9S/c1-29(2,3)38-28(33)39-30(27(31)32)23(21-36-20-22-10-6-4-7-11-22)18-19-40(34,35)26-16-14-25(15-17-26)37-24-12-8-5-9-13-24/h4-17,23H,18-21H2,1-3H3,(H,31,32). The Kier molecular flexibility index (Phi) is 10.5. The average molecular weight is 572 g/mol. The molecular weight excluding hydrogens is 538 g/mol. The lowest BCUT2D eigenvalue weighted by Gasteiger charge is -2.28. The van der Waals surface area contributed by atoms with E-state index >= 15 is 0 Å². The van der Waals surface area contributed by atoms with Crippen molar-refractivity contribution in [2.24, 2.45) is 0 Å². The predicted molar refractivity (Wildman–Crippen MR) is 147 cm³/mol. The molecule has 0 heterocycles. The van der Waals surface area contributed by atoms with Crippen molar-refractivity contribution >= 4 is 22.1 Å². The molecule has 0 aliphatic rings. The Morgan fingerprint density at radius 3 is 2.02 bits per heavy atom. The van der Waals surface area contributed by atoms with E-state index in [-0.39, 0.29) is 24.5 Å². The van der Waals surface area contributed by atoms with Crippen LogP contribution in [0.2, 0.25) is 0 Å². The van der Waals surface area contributed by atoms with E-state index in [1.165, 1.54) is 24.3 Å². The zero-order chi connectivity index (χ0) is 29.2. The van der Waals surface area contributed by atoms with Crippen molar-refractivity contribution in [3.05, 3.63) is 90.5 Å². The number of sulfone groups is 1. The van der Waals surface area contributed by atoms with Crippen molar-refractivity contribution in [3.63, 3.8) is 0 Å². The molecule has 0 spiro atoms. The molecule has 0 saturated carbocycles. The number of benzene rings is 3. The first-order valence-corrected chi connectivity index (χ1v) is 14.2. The summed E-state index contributed by atoms with van der Waals surface area (Å²) in [5.41, 5.74) is -0.0954. The van der Waals surface area contributed by atoms with E-state index in [4.69, 9.17) is 19.0 Å². The van der Waals surface area contributed by atoms with Crippen LogP contribution in [0.4, 0.5) is 9.59 Å². The number of ether oxygens (including phenoxy) is 3. The molecule has 0 aromatic heterocycles. The number of nitrogens with zero attached hydrogens (tertiary/aromatic N) is 1. The van der Waals surface area contributed by atoms with Gasteiger partial charge in [-0.05, 0) is 69.2 Å². The van der Waals surface area contributed by atoms with E-state index in [2.05, 4.69) is 0 Å². The molecular formula is C29H33NO9S. The number of hydrogen-bond acceptors (Lipinski definition) is 8. The Hall–Kier alpha value is -4.09. The highest BCUT2D eigenvalue weighted by Crippen LogP contribution is 2.24. The molecule has 3 aromatic carbocycles. The zero-order valence-electron chi connectivity index (χ0n) is 22.6. The van der Waals surface area contributed by atoms with E-state index in [1.54, 1.807) is 32.9 Å². The van der Waals surface area contributed by atoms with Gasteiger partial charge < -0.3 is 19.3 Å². The van der Waals surface area contributed by atoms with Crippen LogP contribution < -0.4 is 4.74 Å². The summed E-state index contributed by atoms with van der Waals surface area (Å²) in [4.78, 5) is 29.3. The molecule has 0 saturated heterocycles. The third-order valence-electron chi connectivity index (χ3n) is 5.39. The van der Waals surface area contributed by atoms with Crippen LogP contribution in [0.15, 0.2) is 89.8 Å². The normalized spacial score (nSPS) is 12.3. The van der Waals surface area contributed by atoms with Gasteiger partial charge in [-0.15, -0.1) is 5.06 Å². The van der Waals surface area contributed by atoms with E-state index in [1.807, 2.05) is 48.5 Å². The fraction of sp³-hybridized carbons (Fsp3) is 0.310. The summed E-state index contributed by atoms with van der Waals surface area (Å²) in [5, 5.41) is 10.2. The van der Waals surface area contributed by atoms with Crippen LogP contribution in [0.5, 0.6) is 11.5 Å². The molecule has 3 rings (SSSR count). The molecule has 0 aliphatic carbocycles. The van der Waals surface area contributed by atoms with Gasteiger partial charge in [0.25, 0.3) is 0 Å². The molecule has 40 heavy (non-hydrogen) atoms. The largest absolute Gasteiger partial charge is 0.534 e. The fourth-order valence-corrected chi connectivity index (χ4v) is 4.89. The third kappa shape index (κ3) is 9.90. The van der Waals surface area contributed by atoms with Gasteiger partial charge in [0.05, 0.1) is 29.9 Å². The SMILES string of the molecule is CC(C)(C)OC(=O)ON(C(=O)O)C(CCS(=O)(=O)c1ccc(Oc2ccccc2)cc1)COCc1ccccc1. The first-order chi connectivity index (χ1) is 18.9. The van der Waals surface area contributed by atoms with Gasteiger partial charge in [0, 0.05) is 0 Å². The Morgan fingerprint density at radius 2 is 1.45 bits per heavy atom. The van der Waals surface area contributed by atoms with Gasteiger partial charge in [-0.3, -0.25) is 4.84 Å². The van der Waals surface area contributed by atoms with Crippen LogP contribution in [0.1, 0.15) is 32.8 Å². The van der Waals surface area contributed by atoms with Crippen LogP contribution in [0, 0.1) is 0 Å². The molecule has 0 bridgehead atoms. The molecule has 0 radical (unpaired) electrons. The predicted octanol–water partition coefficient (Wildman–Crippen LogP) is 6.07. The molecule has 214 valence electrons. The van der Waals surface area contributed by atoms with Gasteiger partial charge in [0.15, 0.2) is 9.84 Å². The van der Waals surface area contributed by atoms with Crippen LogP contribution in [0.25, 0.3) is 0 Å². The molecule has 1 atom stereocenters. The number of rotatable bonds is 11. The van der Waals surface area contributed by atoms with Crippen LogP contribution in [-0.2, 0) is 30.8 Å². The maximum atomic E-state index is 13.1. The first kappa shape index (κ1) is 30.5. The highest BCUT2D eigenvalue weighted by atomic mass is 32.2. The second-order valence-electron chi connectivity index (χ2n) is 9.81. The van der Waals surface area contributed by atoms with Crippen molar-refractivity contribution in [3.8, 4) is 11.5 Å². The maximum Gasteiger partial charge on any atom is 0.534 e. The lowest BCUT2D eigenvalue weighted by Crippen LogP contribution is -2.45. The Balaban J connectivity index is 1.72. The van der Waals surface area contributed by atoms with Crippen LogP contribution in [-0.4, -0.2) is 54.8 Å². The van der Waals surface area contributed by atoms with Gasteiger partial charge >= 0.3 is 12.2 Å². The fourth-order valence-electron chi connectivity index (χ4n) is 3.52. The van der Waals surface area contributed by atoms with E-state index in [0.29, 0.717) is 16.6 Å². The number of para-hydroxylation sites is 1. The van der Waals surface area contributed by atoms with Crippen LogP contribution in [0.3, 0.4) is 0 Å².